The average molecular weight is 508 g/mol. The zero-order chi connectivity index (χ0) is 22.6. The minimum absolute atomic E-state index is 0.330. The Morgan fingerprint density at radius 1 is 1.15 bits per heavy atom. The molecular weight excluding hydrogens is 490 g/mol. The van der Waals surface area contributed by atoms with Gasteiger partial charge in [0.25, 0.3) is 5.88 Å². The van der Waals surface area contributed by atoms with Crippen LogP contribution < -0.4 is 19.5 Å². The van der Waals surface area contributed by atoms with Crippen molar-refractivity contribution in [1.29, 1.82) is 0 Å². The Bertz CT molecular complexity index is 1310. The molecule has 166 valence electrons. The number of aliphatic imine (C=N–C) groups is 1. The number of nitrogens with zero attached hydrogens (tertiary/aromatic N) is 6. The molecule has 2 aromatic heterocycles. The van der Waals surface area contributed by atoms with Crippen molar-refractivity contribution in [3.63, 3.8) is 0 Å². The molecule has 0 unspecified atom stereocenters. The summed E-state index contributed by atoms with van der Waals surface area (Å²) >= 11 is 3.47. The van der Waals surface area contributed by atoms with E-state index in [1.54, 1.807) is 36.5 Å². The summed E-state index contributed by atoms with van der Waals surface area (Å²) in [6.45, 7) is 0.926. The van der Waals surface area contributed by atoms with Crippen LogP contribution in [-0.4, -0.2) is 44.9 Å². The summed E-state index contributed by atoms with van der Waals surface area (Å²) in [6, 6.07) is 11.3. The normalized spacial score (nSPS) is 11.7. The molecule has 0 bridgehead atoms. The number of nitrogens with one attached hydrogen (secondary N) is 1. The Morgan fingerprint density at radius 2 is 2.09 bits per heavy atom. The number of rotatable bonds is 7. The van der Waals surface area contributed by atoms with E-state index >= 15 is 0 Å². The number of hydrogen-bond donors (Lipinski definition) is 1. The number of anilines is 2. The number of ether oxygens (including phenoxy) is 3. The molecule has 4 aromatic rings. The molecule has 0 saturated carbocycles. The lowest BCUT2D eigenvalue weighted by Gasteiger charge is -2.14. The van der Waals surface area contributed by atoms with Crippen LogP contribution in [0.4, 0.5) is 17.2 Å². The fraction of sp³-hybridized carbons (Fsp3) is 0.136. The molecule has 1 aliphatic heterocycles. The monoisotopic (exact) mass is 507 g/mol. The van der Waals surface area contributed by atoms with E-state index in [0.29, 0.717) is 47.8 Å². The molecule has 33 heavy (non-hydrogen) atoms. The number of halogens is 1. The summed E-state index contributed by atoms with van der Waals surface area (Å²) in [5, 5.41) is 11.0. The third-order valence-corrected chi connectivity index (χ3v) is 5.25. The molecule has 3 heterocycles. The standard InChI is InChI=1S/C22H18BrN7O3/c1-31-18-9-14-12-24-20-21(28-16-4-2-3-15(23)10-16)25-13-26-22(20)33-17(14)11-19(18)32-8-7-30-6-5-27-29-30/h2-6,9-13H,7-8H2,1H3,(H,25,26,28). The van der Waals surface area contributed by atoms with Crippen LogP contribution in [0.5, 0.6) is 23.1 Å². The van der Waals surface area contributed by atoms with E-state index in [1.165, 1.54) is 6.33 Å². The third-order valence-electron chi connectivity index (χ3n) is 4.76. The van der Waals surface area contributed by atoms with Crippen LogP contribution in [0, 0.1) is 0 Å². The van der Waals surface area contributed by atoms with Gasteiger partial charge in [-0.3, -0.25) is 0 Å². The maximum Gasteiger partial charge on any atom is 0.250 e. The number of hydrogen-bond acceptors (Lipinski definition) is 9. The van der Waals surface area contributed by atoms with Crippen molar-refractivity contribution in [3.8, 4) is 23.1 Å². The largest absolute Gasteiger partial charge is 0.493 e. The minimum atomic E-state index is 0.330. The Labute approximate surface area is 197 Å². The summed E-state index contributed by atoms with van der Waals surface area (Å²) < 4.78 is 20.2. The molecule has 5 rings (SSSR count). The van der Waals surface area contributed by atoms with Gasteiger partial charge in [0.05, 0.1) is 19.9 Å². The summed E-state index contributed by atoms with van der Waals surface area (Å²) in [6.07, 6.45) is 6.51. The van der Waals surface area contributed by atoms with Crippen molar-refractivity contribution in [3.05, 3.63) is 65.2 Å². The molecule has 0 fully saturated rings. The Balaban J connectivity index is 1.42. The highest BCUT2D eigenvalue weighted by Crippen LogP contribution is 2.42. The topological polar surface area (TPSA) is 109 Å². The molecule has 1 aliphatic rings. The lowest BCUT2D eigenvalue weighted by Crippen LogP contribution is -2.09. The predicted octanol–water partition coefficient (Wildman–Crippen LogP) is 4.52. The molecule has 0 saturated heterocycles. The number of methoxy groups -OCH3 is 1. The van der Waals surface area contributed by atoms with Crippen molar-refractivity contribution in [2.24, 2.45) is 4.99 Å². The van der Waals surface area contributed by atoms with Gasteiger partial charge in [-0.2, -0.15) is 4.98 Å². The van der Waals surface area contributed by atoms with E-state index in [2.05, 4.69) is 46.5 Å². The molecule has 10 nitrogen and oxygen atoms in total. The Hall–Kier alpha value is -3.99. The molecule has 2 aromatic carbocycles. The van der Waals surface area contributed by atoms with Gasteiger partial charge in [0, 0.05) is 34.2 Å². The third kappa shape index (κ3) is 4.62. The van der Waals surface area contributed by atoms with E-state index in [1.807, 2.05) is 30.3 Å². The van der Waals surface area contributed by atoms with Crippen molar-refractivity contribution >= 4 is 39.3 Å². The second kappa shape index (κ2) is 9.25. The Morgan fingerprint density at radius 3 is 2.91 bits per heavy atom. The van der Waals surface area contributed by atoms with Gasteiger partial charge in [-0.25, -0.2) is 14.7 Å². The maximum atomic E-state index is 6.11. The maximum absolute atomic E-state index is 6.11. The van der Waals surface area contributed by atoms with Gasteiger partial charge in [-0.05, 0) is 24.3 Å². The van der Waals surface area contributed by atoms with Crippen LogP contribution in [0.1, 0.15) is 5.56 Å². The van der Waals surface area contributed by atoms with E-state index in [-0.39, 0.29) is 0 Å². The van der Waals surface area contributed by atoms with E-state index in [4.69, 9.17) is 14.2 Å². The van der Waals surface area contributed by atoms with Gasteiger partial charge in [-0.1, -0.05) is 27.2 Å². The fourth-order valence-corrected chi connectivity index (χ4v) is 3.61. The first-order valence-corrected chi connectivity index (χ1v) is 10.8. The Kier molecular flexibility index (Phi) is 5.85. The number of fused-ring (bicyclic) bond motifs is 2. The molecular formula is C22H18BrN7O3. The van der Waals surface area contributed by atoms with Crippen LogP contribution in [0.15, 0.2) is 64.6 Å². The van der Waals surface area contributed by atoms with Gasteiger partial charge < -0.3 is 19.5 Å². The molecule has 0 atom stereocenters. The van der Waals surface area contributed by atoms with Crippen LogP contribution in [-0.2, 0) is 6.54 Å². The lowest BCUT2D eigenvalue weighted by atomic mass is 10.2. The molecule has 0 radical (unpaired) electrons. The number of benzene rings is 2. The first kappa shape index (κ1) is 20.9. The molecule has 0 amide bonds. The summed E-state index contributed by atoms with van der Waals surface area (Å²) in [5.41, 5.74) is 2.06. The van der Waals surface area contributed by atoms with Crippen LogP contribution in [0.25, 0.3) is 0 Å². The highest BCUT2D eigenvalue weighted by Gasteiger charge is 2.20. The average Bonchev–Trinajstić information content (AvgIpc) is 3.26. The van der Waals surface area contributed by atoms with Gasteiger partial charge in [-0.15, -0.1) is 5.10 Å². The van der Waals surface area contributed by atoms with Crippen LogP contribution in [0.2, 0.25) is 0 Å². The highest BCUT2D eigenvalue weighted by atomic mass is 79.9. The molecule has 1 N–H and O–H groups in total. The second-order valence-electron chi connectivity index (χ2n) is 6.93. The van der Waals surface area contributed by atoms with Crippen LogP contribution in [0.3, 0.4) is 0 Å². The quantitative estimate of drug-likeness (QED) is 0.342. The van der Waals surface area contributed by atoms with Crippen molar-refractivity contribution < 1.29 is 14.2 Å². The van der Waals surface area contributed by atoms with Gasteiger partial charge in [0.1, 0.15) is 18.7 Å². The first-order valence-electron chi connectivity index (χ1n) is 9.98. The lowest BCUT2D eigenvalue weighted by molar-refractivity contribution is 0.272. The van der Waals surface area contributed by atoms with E-state index < -0.39 is 0 Å². The summed E-state index contributed by atoms with van der Waals surface area (Å²) in [7, 11) is 1.58. The molecule has 11 heteroatoms. The number of aromatic nitrogens is 5. The van der Waals surface area contributed by atoms with Gasteiger partial charge >= 0.3 is 0 Å². The SMILES string of the molecule is COc1cc2c(cc1OCCn1ccnn1)Oc1ncnc(Nc3cccc(Br)c3)c1N=C2. The first-order chi connectivity index (χ1) is 16.2. The minimum Gasteiger partial charge on any atom is -0.493 e. The fourth-order valence-electron chi connectivity index (χ4n) is 3.21. The van der Waals surface area contributed by atoms with E-state index in [9.17, 15) is 0 Å². The van der Waals surface area contributed by atoms with Crippen molar-refractivity contribution in [1.82, 2.24) is 25.0 Å². The van der Waals surface area contributed by atoms with Gasteiger partial charge in [0.15, 0.2) is 23.0 Å². The molecule has 0 spiro atoms. The predicted molar refractivity (Wildman–Crippen MR) is 125 cm³/mol. The smallest absolute Gasteiger partial charge is 0.250 e. The molecule has 0 aliphatic carbocycles. The summed E-state index contributed by atoms with van der Waals surface area (Å²) in [4.78, 5) is 13.2. The van der Waals surface area contributed by atoms with Crippen molar-refractivity contribution in [2.45, 2.75) is 6.54 Å². The van der Waals surface area contributed by atoms with Gasteiger partial charge in [0.2, 0.25) is 0 Å². The van der Waals surface area contributed by atoms with Crippen molar-refractivity contribution in [2.75, 3.05) is 19.0 Å². The zero-order valence-electron chi connectivity index (χ0n) is 17.5. The second-order valence-corrected chi connectivity index (χ2v) is 7.84. The summed E-state index contributed by atoms with van der Waals surface area (Å²) in [5.74, 6) is 2.50. The van der Waals surface area contributed by atoms with Crippen LogP contribution >= 0.6 is 15.9 Å². The highest BCUT2D eigenvalue weighted by molar-refractivity contribution is 9.10. The zero-order valence-corrected chi connectivity index (χ0v) is 19.1. The van der Waals surface area contributed by atoms with E-state index in [0.717, 1.165) is 15.7 Å².